The normalized spacial score (nSPS) is 12.5. The van der Waals surface area contributed by atoms with E-state index in [0.717, 1.165) is 18.3 Å². The average Bonchev–Trinajstić information content (AvgIpc) is 2.61. The van der Waals surface area contributed by atoms with Gasteiger partial charge in [0.15, 0.2) is 5.96 Å². The second-order valence-electron chi connectivity index (χ2n) is 5.73. The van der Waals surface area contributed by atoms with E-state index in [1.165, 1.54) is 11.1 Å². The Morgan fingerprint density at radius 1 is 1.25 bits per heavy atom. The van der Waals surface area contributed by atoms with Crippen LogP contribution in [0.5, 0.6) is 5.75 Å². The molecule has 0 amide bonds. The van der Waals surface area contributed by atoms with Crippen molar-refractivity contribution < 1.29 is 4.74 Å². The average molecular weight is 326 g/mol. The zero-order valence-corrected chi connectivity index (χ0v) is 14.6. The highest BCUT2D eigenvalue weighted by Gasteiger charge is 2.06. The summed E-state index contributed by atoms with van der Waals surface area (Å²) < 4.78 is 5.60. The van der Waals surface area contributed by atoms with Gasteiger partial charge in [-0.1, -0.05) is 36.8 Å². The zero-order chi connectivity index (χ0) is 17.2. The molecule has 128 valence electrons. The van der Waals surface area contributed by atoms with Crippen LogP contribution in [0.3, 0.4) is 0 Å². The number of guanidine groups is 1. The lowest BCUT2D eigenvalue weighted by molar-refractivity contribution is 0.320. The Kier molecular flexibility index (Phi) is 7.08. The third-order valence-electron chi connectivity index (χ3n) is 3.71. The number of aromatic nitrogens is 1. The van der Waals surface area contributed by atoms with Crippen molar-refractivity contribution in [2.75, 3.05) is 26.7 Å². The molecule has 1 aromatic heterocycles. The molecule has 2 N–H and O–H groups in total. The predicted octanol–water partition coefficient (Wildman–Crippen LogP) is 2.74. The molecule has 2 aromatic rings. The lowest BCUT2D eigenvalue weighted by Crippen LogP contribution is -2.40. The molecule has 24 heavy (non-hydrogen) atoms. The van der Waals surface area contributed by atoms with E-state index in [9.17, 15) is 0 Å². The molecule has 1 atom stereocenters. The van der Waals surface area contributed by atoms with Crippen LogP contribution < -0.4 is 15.4 Å². The van der Waals surface area contributed by atoms with Crippen LogP contribution in [0.15, 0.2) is 53.8 Å². The molecule has 0 aliphatic heterocycles. The Hall–Kier alpha value is -2.56. The quantitative estimate of drug-likeness (QED) is 0.467. The van der Waals surface area contributed by atoms with Crippen LogP contribution in [0.4, 0.5) is 0 Å². The summed E-state index contributed by atoms with van der Waals surface area (Å²) in [5, 5.41) is 6.61. The Bertz CT molecular complexity index is 643. The van der Waals surface area contributed by atoms with Crippen LogP contribution in [0.25, 0.3) is 0 Å². The van der Waals surface area contributed by atoms with Gasteiger partial charge in [-0.15, -0.1) is 0 Å². The second kappa shape index (κ2) is 9.55. The van der Waals surface area contributed by atoms with Crippen LogP contribution in [-0.4, -0.2) is 37.7 Å². The molecule has 0 radical (unpaired) electrons. The Morgan fingerprint density at radius 3 is 2.83 bits per heavy atom. The van der Waals surface area contributed by atoms with Gasteiger partial charge in [0.1, 0.15) is 12.4 Å². The standard InChI is InChI=1S/C19H26N4O/c1-15-6-4-7-17(12-15)16(2)13-23-19(20-3)22-10-11-24-18-8-5-9-21-14-18/h4-9,12,14,16H,10-11,13H2,1-3H3,(H2,20,22,23). The molecule has 0 saturated carbocycles. The van der Waals surface area contributed by atoms with Crippen molar-refractivity contribution in [3.8, 4) is 5.75 Å². The van der Waals surface area contributed by atoms with Crippen molar-refractivity contribution in [1.29, 1.82) is 0 Å². The van der Waals surface area contributed by atoms with Gasteiger partial charge in [-0.05, 0) is 30.5 Å². The maximum absolute atomic E-state index is 5.60. The number of hydrogen-bond donors (Lipinski definition) is 2. The molecule has 5 heteroatoms. The summed E-state index contributed by atoms with van der Waals surface area (Å²) in [6.45, 7) is 6.38. The highest BCUT2D eigenvalue weighted by Crippen LogP contribution is 2.15. The van der Waals surface area contributed by atoms with E-state index >= 15 is 0 Å². The van der Waals surface area contributed by atoms with Gasteiger partial charge < -0.3 is 15.4 Å². The number of ether oxygens (including phenoxy) is 1. The first-order chi connectivity index (χ1) is 11.7. The Morgan fingerprint density at radius 2 is 2.12 bits per heavy atom. The summed E-state index contributed by atoms with van der Waals surface area (Å²) in [4.78, 5) is 8.26. The van der Waals surface area contributed by atoms with E-state index in [2.05, 4.69) is 58.7 Å². The van der Waals surface area contributed by atoms with Gasteiger partial charge in [-0.3, -0.25) is 9.98 Å². The minimum absolute atomic E-state index is 0.412. The van der Waals surface area contributed by atoms with E-state index in [1.807, 2.05) is 12.1 Å². The molecule has 0 aliphatic carbocycles. The summed E-state index contributed by atoms with van der Waals surface area (Å²) in [6.07, 6.45) is 3.43. The maximum Gasteiger partial charge on any atom is 0.191 e. The molecule has 1 aromatic carbocycles. The van der Waals surface area contributed by atoms with Gasteiger partial charge in [0.2, 0.25) is 0 Å². The molecule has 1 heterocycles. The highest BCUT2D eigenvalue weighted by molar-refractivity contribution is 5.79. The molecule has 0 spiro atoms. The molecule has 0 bridgehead atoms. The fraction of sp³-hybridized carbons (Fsp3) is 0.368. The molecular formula is C19H26N4O. The van der Waals surface area contributed by atoms with Crippen LogP contribution in [0.2, 0.25) is 0 Å². The van der Waals surface area contributed by atoms with Gasteiger partial charge in [-0.25, -0.2) is 0 Å². The largest absolute Gasteiger partial charge is 0.490 e. The number of hydrogen-bond acceptors (Lipinski definition) is 3. The van der Waals surface area contributed by atoms with Crippen LogP contribution in [0, 0.1) is 6.92 Å². The fourth-order valence-electron chi connectivity index (χ4n) is 2.34. The number of aliphatic imine (C=N–C) groups is 1. The van der Waals surface area contributed by atoms with Crippen molar-refractivity contribution >= 4 is 5.96 Å². The summed E-state index contributed by atoms with van der Waals surface area (Å²) in [6, 6.07) is 12.4. The molecular weight excluding hydrogens is 300 g/mol. The van der Waals surface area contributed by atoms with Crippen molar-refractivity contribution in [2.45, 2.75) is 19.8 Å². The van der Waals surface area contributed by atoms with E-state index in [1.54, 1.807) is 19.4 Å². The van der Waals surface area contributed by atoms with Gasteiger partial charge >= 0.3 is 0 Å². The van der Waals surface area contributed by atoms with Gasteiger partial charge in [0.05, 0.1) is 12.7 Å². The summed E-state index contributed by atoms with van der Waals surface area (Å²) in [5.41, 5.74) is 2.62. The molecule has 0 saturated heterocycles. The number of pyridine rings is 1. The van der Waals surface area contributed by atoms with E-state index in [-0.39, 0.29) is 0 Å². The fourth-order valence-corrected chi connectivity index (χ4v) is 2.34. The van der Waals surface area contributed by atoms with E-state index < -0.39 is 0 Å². The molecule has 0 fully saturated rings. The van der Waals surface area contributed by atoms with Crippen molar-refractivity contribution in [2.24, 2.45) is 4.99 Å². The Labute approximate surface area is 144 Å². The van der Waals surface area contributed by atoms with Crippen molar-refractivity contribution in [3.05, 3.63) is 59.9 Å². The van der Waals surface area contributed by atoms with E-state index in [0.29, 0.717) is 19.1 Å². The number of nitrogens with zero attached hydrogens (tertiary/aromatic N) is 2. The van der Waals surface area contributed by atoms with Gasteiger partial charge in [0, 0.05) is 19.8 Å². The Balaban J connectivity index is 1.70. The third kappa shape index (κ3) is 5.91. The highest BCUT2D eigenvalue weighted by atomic mass is 16.5. The second-order valence-corrected chi connectivity index (χ2v) is 5.73. The molecule has 1 unspecified atom stereocenters. The first-order valence-corrected chi connectivity index (χ1v) is 8.23. The minimum atomic E-state index is 0.412. The maximum atomic E-state index is 5.60. The third-order valence-corrected chi connectivity index (χ3v) is 3.71. The van der Waals surface area contributed by atoms with Gasteiger partial charge in [0.25, 0.3) is 0 Å². The topological polar surface area (TPSA) is 58.5 Å². The SMILES string of the molecule is CN=C(NCCOc1cccnc1)NCC(C)c1cccc(C)c1. The van der Waals surface area contributed by atoms with Crippen molar-refractivity contribution in [3.63, 3.8) is 0 Å². The lowest BCUT2D eigenvalue weighted by Gasteiger charge is -2.17. The predicted molar refractivity (Wildman–Crippen MR) is 98.7 cm³/mol. The molecule has 0 aliphatic rings. The molecule has 5 nitrogen and oxygen atoms in total. The van der Waals surface area contributed by atoms with Gasteiger partial charge in [-0.2, -0.15) is 0 Å². The first-order valence-electron chi connectivity index (χ1n) is 8.23. The monoisotopic (exact) mass is 326 g/mol. The number of rotatable bonds is 7. The minimum Gasteiger partial charge on any atom is -0.490 e. The number of nitrogens with one attached hydrogen (secondary N) is 2. The summed E-state index contributed by atoms with van der Waals surface area (Å²) in [7, 11) is 1.77. The lowest BCUT2D eigenvalue weighted by atomic mass is 9.99. The van der Waals surface area contributed by atoms with E-state index in [4.69, 9.17) is 4.74 Å². The number of benzene rings is 1. The van der Waals surface area contributed by atoms with Crippen LogP contribution in [-0.2, 0) is 0 Å². The van der Waals surface area contributed by atoms with Crippen LogP contribution >= 0.6 is 0 Å². The van der Waals surface area contributed by atoms with Crippen molar-refractivity contribution in [1.82, 2.24) is 15.6 Å². The number of aryl methyl sites for hydroxylation is 1. The summed E-state index contributed by atoms with van der Waals surface area (Å²) in [5.74, 6) is 1.97. The molecule has 2 rings (SSSR count). The van der Waals surface area contributed by atoms with Crippen LogP contribution in [0.1, 0.15) is 24.0 Å². The zero-order valence-electron chi connectivity index (χ0n) is 14.6. The summed E-state index contributed by atoms with van der Waals surface area (Å²) >= 11 is 0. The first kappa shape index (κ1) is 17.8. The smallest absolute Gasteiger partial charge is 0.191 e.